The zero-order valence-electron chi connectivity index (χ0n) is 18.9. The second-order valence-electron chi connectivity index (χ2n) is 9.23. The second kappa shape index (κ2) is 6.91. The lowest BCUT2D eigenvalue weighted by molar-refractivity contribution is 1.20. The van der Waals surface area contributed by atoms with Gasteiger partial charge in [-0.15, -0.1) is 0 Å². The molecule has 0 unspecified atom stereocenters. The Morgan fingerprint density at radius 3 is 2.23 bits per heavy atom. The summed E-state index contributed by atoms with van der Waals surface area (Å²) in [5.41, 5.74) is 11.2. The fraction of sp³-hybridized carbons (Fsp3) is 0. The summed E-state index contributed by atoms with van der Waals surface area (Å²) in [5, 5.41) is 5.14. The summed E-state index contributed by atoms with van der Waals surface area (Å²) < 4.78 is 2.43. The van der Waals surface area contributed by atoms with Crippen LogP contribution in [0.1, 0.15) is 0 Å². The molecule has 0 spiro atoms. The predicted molar refractivity (Wildman–Crippen MR) is 146 cm³/mol. The number of pyridine rings is 1. The highest BCUT2D eigenvalue weighted by molar-refractivity contribution is 6.18. The van der Waals surface area contributed by atoms with Gasteiger partial charge in [0.2, 0.25) is 0 Å². The Morgan fingerprint density at radius 2 is 1.29 bits per heavy atom. The number of hydrogen-bond donors (Lipinski definition) is 0. The number of fused-ring (bicyclic) bond motifs is 6. The first kappa shape index (κ1) is 18.7. The van der Waals surface area contributed by atoms with Crippen LogP contribution < -0.4 is 0 Å². The Labute approximate surface area is 202 Å². The summed E-state index contributed by atoms with van der Waals surface area (Å²) in [7, 11) is 0. The van der Waals surface area contributed by atoms with Crippen LogP contribution >= 0.6 is 0 Å². The molecule has 1 aliphatic carbocycles. The highest BCUT2D eigenvalue weighted by Crippen LogP contribution is 2.48. The molecule has 5 aromatic carbocycles. The zero-order chi connectivity index (χ0) is 22.9. The molecule has 8 rings (SSSR count). The average molecular weight is 445 g/mol. The molecule has 0 bridgehead atoms. The van der Waals surface area contributed by atoms with Gasteiger partial charge >= 0.3 is 0 Å². The number of para-hydroxylation sites is 1. The monoisotopic (exact) mass is 444 g/mol. The maximum Gasteiger partial charge on any atom is 0.0541 e. The highest BCUT2D eigenvalue weighted by Gasteiger charge is 2.23. The first-order chi connectivity index (χ1) is 17.4. The van der Waals surface area contributed by atoms with E-state index in [1.165, 1.54) is 71.6 Å². The molecule has 2 aromatic heterocycles. The van der Waals surface area contributed by atoms with Crippen LogP contribution in [0.5, 0.6) is 0 Å². The largest absolute Gasteiger partial charge is 0.309 e. The summed E-state index contributed by atoms with van der Waals surface area (Å²) in [6.45, 7) is 0. The van der Waals surface area contributed by atoms with Crippen molar-refractivity contribution in [3.05, 3.63) is 122 Å². The minimum Gasteiger partial charge on any atom is -0.309 e. The zero-order valence-corrected chi connectivity index (χ0v) is 18.9. The molecule has 7 aromatic rings. The molecular formula is C33H20N2. The lowest BCUT2D eigenvalue weighted by Gasteiger charge is -2.13. The Kier molecular flexibility index (Phi) is 3.69. The third kappa shape index (κ3) is 2.51. The van der Waals surface area contributed by atoms with Crippen LogP contribution in [0.15, 0.2) is 122 Å². The molecule has 0 saturated heterocycles. The van der Waals surface area contributed by atoms with Crippen LogP contribution in [0.4, 0.5) is 0 Å². The molecule has 0 atom stereocenters. The van der Waals surface area contributed by atoms with Crippen molar-refractivity contribution in [3.8, 4) is 39.1 Å². The predicted octanol–water partition coefficient (Wildman–Crippen LogP) is 8.65. The summed E-state index contributed by atoms with van der Waals surface area (Å²) in [4.78, 5) is 4.41. The van der Waals surface area contributed by atoms with E-state index < -0.39 is 0 Å². The number of nitrogens with zero attached hydrogens (tertiary/aromatic N) is 2. The Hall–Kier alpha value is -4.69. The maximum absolute atomic E-state index is 4.41. The van der Waals surface area contributed by atoms with E-state index in [0.29, 0.717) is 0 Å². The molecule has 0 radical (unpaired) electrons. The van der Waals surface area contributed by atoms with E-state index in [9.17, 15) is 0 Å². The normalized spacial score (nSPS) is 12.0. The third-order valence-corrected chi connectivity index (χ3v) is 7.44. The standard InChI is InChI=1S/C33H20N2/c1-2-7-21(8-3-1)22-13-15-32-28(19-22)24-9-4-5-12-30(24)35(32)31-16-14-26-23-17-18-34-20-29(23)25-10-6-11-27(31)33(25)26/h1-20H. The van der Waals surface area contributed by atoms with Crippen molar-refractivity contribution in [2.24, 2.45) is 0 Å². The van der Waals surface area contributed by atoms with Crippen molar-refractivity contribution in [2.45, 2.75) is 0 Å². The topological polar surface area (TPSA) is 17.8 Å². The summed E-state index contributed by atoms with van der Waals surface area (Å²) >= 11 is 0. The maximum atomic E-state index is 4.41. The number of hydrogen-bond acceptors (Lipinski definition) is 1. The van der Waals surface area contributed by atoms with Crippen LogP contribution in [-0.2, 0) is 0 Å². The van der Waals surface area contributed by atoms with Crippen molar-refractivity contribution in [1.29, 1.82) is 0 Å². The molecular weight excluding hydrogens is 424 g/mol. The van der Waals surface area contributed by atoms with Crippen molar-refractivity contribution in [2.75, 3.05) is 0 Å². The van der Waals surface area contributed by atoms with E-state index in [0.717, 1.165) is 0 Å². The molecule has 0 fully saturated rings. The number of rotatable bonds is 2. The molecule has 0 amide bonds. The highest BCUT2D eigenvalue weighted by atomic mass is 15.0. The molecule has 35 heavy (non-hydrogen) atoms. The van der Waals surface area contributed by atoms with Crippen LogP contribution in [0, 0.1) is 0 Å². The van der Waals surface area contributed by atoms with Gasteiger partial charge in [0.25, 0.3) is 0 Å². The minimum atomic E-state index is 1.21. The van der Waals surface area contributed by atoms with E-state index >= 15 is 0 Å². The lowest BCUT2D eigenvalue weighted by atomic mass is 10.0. The average Bonchev–Trinajstić information content (AvgIpc) is 3.44. The van der Waals surface area contributed by atoms with Crippen LogP contribution in [-0.4, -0.2) is 9.55 Å². The SMILES string of the molecule is c1ccc(-c2ccc3c(c2)c2ccccc2n3-c2ccc3c4c(cccc24)-c2cnccc2-3)cc1. The van der Waals surface area contributed by atoms with Gasteiger partial charge in [0.1, 0.15) is 0 Å². The van der Waals surface area contributed by atoms with Crippen molar-refractivity contribution in [1.82, 2.24) is 9.55 Å². The fourth-order valence-electron chi connectivity index (χ4n) is 5.92. The number of aromatic nitrogens is 2. The van der Waals surface area contributed by atoms with E-state index in [1.807, 2.05) is 12.4 Å². The van der Waals surface area contributed by atoms with Gasteiger partial charge in [-0.05, 0) is 63.5 Å². The molecule has 2 heterocycles. The number of benzene rings is 5. The van der Waals surface area contributed by atoms with Crippen molar-refractivity contribution < 1.29 is 0 Å². The molecule has 0 saturated carbocycles. The summed E-state index contributed by atoms with van der Waals surface area (Å²) in [6, 6.07) is 39.6. The quantitative estimate of drug-likeness (QED) is 0.261. The summed E-state index contributed by atoms with van der Waals surface area (Å²) in [5.74, 6) is 0. The molecule has 0 N–H and O–H groups in total. The van der Waals surface area contributed by atoms with E-state index in [2.05, 4.69) is 119 Å². The van der Waals surface area contributed by atoms with Gasteiger partial charge in [-0.25, -0.2) is 0 Å². The lowest BCUT2D eigenvalue weighted by Crippen LogP contribution is -1.95. The molecule has 162 valence electrons. The Morgan fingerprint density at radius 1 is 0.486 bits per heavy atom. The van der Waals surface area contributed by atoms with Gasteiger partial charge in [0.15, 0.2) is 0 Å². The van der Waals surface area contributed by atoms with E-state index in [4.69, 9.17) is 0 Å². The van der Waals surface area contributed by atoms with E-state index in [1.54, 1.807) is 0 Å². The second-order valence-corrected chi connectivity index (χ2v) is 9.23. The molecule has 1 aliphatic rings. The molecule has 2 heteroatoms. The molecule has 2 nitrogen and oxygen atoms in total. The van der Waals surface area contributed by atoms with Gasteiger partial charge in [-0.3, -0.25) is 4.98 Å². The molecule has 0 aliphatic heterocycles. The van der Waals surface area contributed by atoms with Gasteiger partial charge in [-0.1, -0.05) is 78.9 Å². The van der Waals surface area contributed by atoms with Gasteiger partial charge in [0, 0.05) is 34.1 Å². The van der Waals surface area contributed by atoms with Crippen LogP contribution in [0.2, 0.25) is 0 Å². The fourth-order valence-corrected chi connectivity index (χ4v) is 5.92. The van der Waals surface area contributed by atoms with Gasteiger partial charge in [-0.2, -0.15) is 0 Å². The van der Waals surface area contributed by atoms with Crippen molar-refractivity contribution >= 4 is 32.6 Å². The third-order valence-electron chi connectivity index (χ3n) is 7.44. The van der Waals surface area contributed by atoms with Crippen molar-refractivity contribution in [3.63, 3.8) is 0 Å². The van der Waals surface area contributed by atoms with Gasteiger partial charge < -0.3 is 4.57 Å². The Bertz CT molecular complexity index is 1910. The minimum absolute atomic E-state index is 1.21. The van der Waals surface area contributed by atoms with E-state index in [-0.39, 0.29) is 0 Å². The first-order valence-electron chi connectivity index (χ1n) is 12.0. The van der Waals surface area contributed by atoms with Crippen LogP contribution in [0.3, 0.4) is 0 Å². The van der Waals surface area contributed by atoms with Crippen LogP contribution in [0.25, 0.3) is 71.6 Å². The Balaban J connectivity index is 1.46. The van der Waals surface area contributed by atoms with Gasteiger partial charge in [0.05, 0.1) is 16.7 Å². The first-order valence-corrected chi connectivity index (χ1v) is 12.0. The smallest absolute Gasteiger partial charge is 0.0541 e. The summed E-state index contributed by atoms with van der Waals surface area (Å²) in [6.07, 6.45) is 3.89.